The molecule has 5 nitrogen and oxygen atoms in total. The van der Waals surface area contributed by atoms with Crippen LogP contribution < -0.4 is 9.62 Å². The lowest BCUT2D eigenvalue weighted by Gasteiger charge is -2.20. The van der Waals surface area contributed by atoms with Crippen molar-refractivity contribution in [1.29, 1.82) is 0 Å². The van der Waals surface area contributed by atoms with Gasteiger partial charge in [-0.3, -0.25) is 9.10 Å². The molecule has 1 heterocycles. The minimum Gasteiger partial charge on any atom is -0.326 e. The first-order chi connectivity index (χ1) is 12.4. The molecule has 0 aliphatic carbocycles. The molecule has 0 aromatic heterocycles. The normalized spacial score (nSPS) is 17.1. The lowest BCUT2D eigenvalue weighted by molar-refractivity contribution is -0.119. The molecule has 6 heteroatoms. The molecule has 1 saturated heterocycles. The Morgan fingerprint density at radius 3 is 2.58 bits per heavy atom. The first-order valence-electron chi connectivity index (χ1n) is 8.83. The molecule has 138 valence electrons. The molecule has 26 heavy (non-hydrogen) atoms. The van der Waals surface area contributed by atoms with Crippen LogP contribution in [0, 0.1) is 12.8 Å². The number of amides is 1. The van der Waals surface area contributed by atoms with Crippen LogP contribution in [0.1, 0.15) is 24.5 Å². The molecule has 1 fully saturated rings. The van der Waals surface area contributed by atoms with E-state index in [1.807, 2.05) is 50.2 Å². The molecule has 2 aromatic rings. The minimum atomic E-state index is -3.23. The monoisotopic (exact) mass is 372 g/mol. The number of carbonyl (C=O) groups excluding carboxylic acids is 1. The zero-order valence-corrected chi connectivity index (χ0v) is 15.9. The molecule has 1 amide bonds. The fraction of sp³-hybridized carbons (Fsp3) is 0.350. The fourth-order valence-electron chi connectivity index (χ4n) is 3.15. The van der Waals surface area contributed by atoms with Crippen LogP contribution in [0.5, 0.6) is 0 Å². The maximum absolute atomic E-state index is 12.6. The van der Waals surface area contributed by atoms with Gasteiger partial charge in [0.05, 0.1) is 11.4 Å². The molecular formula is C20H24N2O3S. The van der Waals surface area contributed by atoms with Gasteiger partial charge in [-0.05, 0) is 43.0 Å². The standard InChI is InChI=1S/C20H24N2O3S/c1-15-9-10-18(22-11-6-12-26(22,24)25)14-19(15)21-20(23)16(2)13-17-7-4-3-5-8-17/h3-5,7-10,14,16H,6,11-13H2,1-2H3,(H,21,23). The van der Waals surface area contributed by atoms with E-state index in [0.29, 0.717) is 30.8 Å². The van der Waals surface area contributed by atoms with Crippen LogP contribution >= 0.6 is 0 Å². The highest BCUT2D eigenvalue weighted by molar-refractivity contribution is 7.93. The van der Waals surface area contributed by atoms with E-state index in [0.717, 1.165) is 11.1 Å². The van der Waals surface area contributed by atoms with Gasteiger partial charge in [-0.25, -0.2) is 8.42 Å². The summed E-state index contributed by atoms with van der Waals surface area (Å²) in [5.74, 6) is -0.0780. The number of rotatable bonds is 5. The van der Waals surface area contributed by atoms with Gasteiger partial charge in [0.15, 0.2) is 0 Å². The molecule has 1 N–H and O–H groups in total. The molecule has 1 unspecified atom stereocenters. The van der Waals surface area contributed by atoms with Crippen molar-refractivity contribution < 1.29 is 13.2 Å². The molecule has 0 spiro atoms. The Kier molecular flexibility index (Phi) is 5.32. The van der Waals surface area contributed by atoms with Crippen molar-refractivity contribution in [2.45, 2.75) is 26.7 Å². The van der Waals surface area contributed by atoms with E-state index in [-0.39, 0.29) is 17.6 Å². The molecular weight excluding hydrogens is 348 g/mol. The number of nitrogens with one attached hydrogen (secondary N) is 1. The molecule has 1 aliphatic rings. The average molecular weight is 372 g/mol. The predicted molar refractivity (Wildman–Crippen MR) is 105 cm³/mol. The number of sulfonamides is 1. The first kappa shape index (κ1) is 18.5. The summed E-state index contributed by atoms with van der Waals surface area (Å²) in [6, 6.07) is 15.3. The average Bonchev–Trinajstić information content (AvgIpc) is 2.97. The van der Waals surface area contributed by atoms with Gasteiger partial charge < -0.3 is 5.32 Å². The van der Waals surface area contributed by atoms with E-state index in [2.05, 4.69) is 5.32 Å². The topological polar surface area (TPSA) is 66.5 Å². The van der Waals surface area contributed by atoms with Crippen molar-refractivity contribution in [3.8, 4) is 0 Å². The summed E-state index contributed by atoms with van der Waals surface area (Å²) in [7, 11) is -3.23. The van der Waals surface area contributed by atoms with Crippen LogP contribution in [-0.4, -0.2) is 26.6 Å². The minimum absolute atomic E-state index is 0.0709. The number of aryl methyl sites for hydroxylation is 1. The first-order valence-corrected chi connectivity index (χ1v) is 10.4. The zero-order chi connectivity index (χ0) is 18.7. The molecule has 3 rings (SSSR count). The van der Waals surface area contributed by atoms with Gasteiger partial charge in [-0.1, -0.05) is 43.3 Å². The fourth-order valence-corrected chi connectivity index (χ4v) is 4.70. The van der Waals surface area contributed by atoms with Crippen molar-refractivity contribution in [3.05, 3.63) is 59.7 Å². The Morgan fingerprint density at radius 1 is 1.19 bits per heavy atom. The van der Waals surface area contributed by atoms with Gasteiger partial charge >= 0.3 is 0 Å². The number of hydrogen-bond donors (Lipinski definition) is 1. The summed E-state index contributed by atoms with van der Waals surface area (Å²) in [6.45, 7) is 4.29. The third kappa shape index (κ3) is 4.07. The van der Waals surface area contributed by atoms with Gasteiger partial charge in [-0.15, -0.1) is 0 Å². The largest absolute Gasteiger partial charge is 0.326 e. The summed E-state index contributed by atoms with van der Waals surface area (Å²) < 4.78 is 25.7. The summed E-state index contributed by atoms with van der Waals surface area (Å²) in [6.07, 6.45) is 1.29. The number of carbonyl (C=O) groups is 1. The maximum atomic E-state index is 12.6. The highest BCUT2D eigenvalue weighted by Gasteiger charge is 2.28. The van der Waals surface area contributed by atoms with Crippen molar-refractivity contribution in [2.75, 3.05) is 21.9 Å². The van der Waals surface area contributed by atoms with Gasteiger partial charge in [0.25, 0.3) is 0 Å². The van der Waals surface area contributed by atoms with Crippen molar-refractivity contribution in [3.63, 3.8) is 0 Å². The van der Waals surface area contributed by atoms with Gasteiger partial charge in [0, 0.05) is 18.2 Å². The van der Waals surface area contributed by atoms with E-state index in [4.69, 9.17) is 0 Å². The zero-order valence-electron chi connectivity index (χ0n) is 15.1. The third-order valence-corrected chi connectivity index (χ3v) is 6.57. The lowest BCUT2D eigenvalue weighted by atomic mass is 10.00. The Hall–Kier alpha value is -2.34. The molecule has 0 radical (unpaired) electrons. The van der Waals surface area contributed by atoms with Gasteiger partial charge in [0.1, 0.15) is 0 Å². The number of anilines is 2. The number of nitrogens with zero attached hydrogens (tertiary/aromatic N) is 1. The molecule has 2 aromatic carbocycles. The van der Waals surface area contributed by atoms with Crippen LogP contribution in [0.25, 0.3) is 0 Å². The van der Waals surface area contributed by atoms with E-state index in [1.165, 1.54) is 4.31 Å². The Bertz CT molecular complexity index is 895. The van der Waals surface area contributed by atoms with Crippen LogP contribution in [-0.2, 0) is 21.2 Å². The van der Waals surface area contributed by atoms with E-state index >= 15 is 0 Å². The Balaban J connectivity index is 1.74. The number of benzene rings is 2. The molecule has 0 saturated carbocycles. The lowest BCUT2D eigenvalue weighted by Crippen LogP contribution is -2.26. The highest BCUT2D eigenvalue weighted by atomic mass is 32.2. The van der Waals surface area contributed by atoms with Crippen molar-refractivity contribution >= 4 is 27.3 Å². The number of hydrogen-bond acceptors (Lipinski definition) is 3. The van der Waals surface area contributed by atoms with E-state index in [1.54, 1.807) is 12.1 Å². The Labute approximate surface area is 155 Å². The molecule has 1 aliphatic heterocycles. The highest BCUT2D eigenvalue weighted by Crippen LogP contribution is 2.29. The second-order valence-electron chi connectivity index (χ2n) is 6.82. The molecule has 1 atom stereocenters. The second kappa shape index (κ2) is 7.50. The molecule has 0 bridgehead atoms. The second-order valence-corrected chi connectivity index (χ2v) is 8.83. The summed E-state index contributed by atoms with van der Waals surface area (Å²) >= 11 is 0. The van der Waals surface area contributed by atoms with Crippen LogP contribution in [0.3, 0.4) is 0 Å². The SMILES string of the molecule is Cc1ccc(N2CCCS2(=O)=O)cc1NC(=O)C(C)Cc1ccccc1. The summed E-state index contributed by atoms with van der Waals surface area (Å²) in [5, 5.41) is 2.96. The third-order valence-electron chi connectivity index (χ3n) is 4.70. The van der Waals surface area contributed by atoms with Gasteiger partial charge in [-0.2, -0.15) is 0 Å². The maximum Gasteiger partial charge on any atom is 0.235 e. The van der Waals surface area contributed by atoms with Crippen LogP contribution in [0.15, 0.2) is 48.5 Å². The summed E-state index contributed by atoms with van der Waals surface area (Å²) in [4.78, 5) is 12.6. The Morgan fingerprint density at radius 2 is 1.92 bits per heavy atom. The van der Waals surface area contributed by atoms with E-state index < -0.39 is 10.0 Å². The van der Waals surface area contributed by atoms with Gasteiger partial charge in [0.2, 0.25) is 15.9 Å². The van der Waals surface area contributed by atoms with Crippen molar-refractivity contribution in [1.82, 2.24) is 0 Å². The smallest absolute Gasteiger partial charge is 0.235 e. The van der Waals surface area contributed by atoms with E-state index in [9.17, 15) is 13.2 Å². The predicted octanol–water partition coefficient (Wildman–Crippen LogP) is 3.35. The van der Waals surface area contributed by atoms with Crippen LogP contribution in [0.2, 0.25) is 0 Å². The van der Waals surface area contributed by atoms with Crippen molar-refractivity contribution in [2.24, 2.45) is 5.92 Å². The van der Waals surface area contributed by atoms with Crippen LogP contribution in [0.4, 0.5) is 11.4 Å². The quantitative estimate of drug-likeness (QED) is 0.875. The summed E-state index contributed by atoms with van der Waals surface area (Å²) in [5.41, 5.74) is 3.29.